The molecule has 0 radical (unpaired) electrons. The van der Waals surface area contributed by atoms with Crippen molar-refractivity contribution in [2.75, 3.05) is 11.4 Å². The first-order valence-corrected chi connectivity index (χ1v) is 9.48. The molecule has 2 aromatic rings. The second kappa shape index (κ2) is 7.13. The van der Waals surface area contributed by atoms with E-state index in [2.05, 4.69) is 11.7 Å². The Morgan fingerprint density at radius 2 is 1.93 bits per heavy atom. The number of anilines is 1. The fourth-order valence-electron chi connectivity index (χ4n) is 2.76. The second-order valence-electron chi connectivity index (χ2n) is 6.09. The molecule has 1 saturated heterocycles. The van der Waals surface area contributed by atoms with E-state index >= 15 is 0 Å². The number of carbonyl (C=O) groups is 1. The highest BCUT2D eigenvalue weighted by Gasteiger charge is 2.60. The van der Waals surface area contributed by atoms with E-state index in [4.69, 9.17) is 0 Å². The number of sulfonamides is 1. The molecule has 29 heavy (non-hydrogen) atoms. The Balaban J connectivity index is 2.06. The fourth-order valence-corrected chi connectivity index (χ4v) is 3.21. The van der Waals surface area contributed by atoms with Crippen molar-refractivity contribution < 1.29 is 35.2 Å². The monoisotopic (exact) mass is 436 g/mol. The Labute approximate surface area is 161 Å². The molecule has 0 aliphatic carbocycles. The molecule has 156 valence electrons. The molecule has 1 N–H and O–H groups in total. The van der Waals surface area contributed by atoms with Crippen LogP contribution in [0.5, 0.6) is 0 Å². The zero-order chi connectivity index (χ0) is 21.6. The molecule has 1 aliphatic heterocycles. The average Bonchev–Trinajstić information content (AvgIpc) is 3.04. The van der Waals surface area contributed by atoms with E-state index in [9.17, 15) is 35.2 Å². The van der Waals surface area contributed by atoms with Crippen LogP contribution >= 0.6 is 0 Å². The van der Waals surface area contributed by atoms with Crippen LogP contribution in [0.3, 0.4) is 0 Å². The van der Waals surface area contributed by atoms with E-state index < -0.39 is 52.4 Å². The van der Waals surface area contributed by atoms with Crippen molar-refractivity contribution in [3.8, 4) is 5.69 Å². The summed E-state index contributed by atoms with van der Waals surface area (Å²) in [4.78, 5) is 12.8. The summed E-state index contributed by atoms with van der Waals surface area (Å²) in [6.45, 7) is 1.95. The van der Waals surface area contributed by atoms with Crippen LogP contribution in [-0.4, -0.2) is 49.0 Å². The summed E-state index contributed by atoms with van der Waals surface area (Å²) in [5, 5.41) is 4.29. The molecule has 0 bridgehead atoms. The highest BCUT2D eigenvalue weighted by molar-refractivity contribution is 7.92. The first-order valence-electron chi connectivity index (χ1n) is 7.93. The molecule has 7 nitrogen and oxygen atoms in total. The van der Waals surface area contributed by atoms with Crippen LogP contribution in [0.2, 0.25) is 0 Å². The van der Waals surface area contributed by atoms with Crippen LogP contribution in [0.25, 0.3) is 5.69 Å². The third-order valence-corrected chi connectivity index (χ3v) is 5.04. The first-order chi connectivity index (χ1) is 13.4. The predicted molar refractivity (Wildman–Crippen MR) is 92.2 cm³/mol. The Morgan fingerprint density at radius 1 is 1.31 bits per heavy atom. The van der Waals surface area contributed by atoms with Crippen molar-refractivity contribution in [3.63, 3.8) is 0 Å². The van der Waals surface area contributed by atoms with E-state index in [1.807, 2.05) is 0 Å². The molecule has 1 aromatic heterocycles. The minimum Gasteiger partial charge on any atom is -0.336 e. The van der Waals surface area contributed by atoms with Gasteiger partial charge in [-0.15, -0.1) is 0 Å². The van der Waals surface area contributed by atoms with Gasteiger partial charge in [0, 0.05) is 11.5 Å². The lowest BCUT2D eigenvalue weighted by Gasteiger charge is -2.47. The van der Waals surface area contributed by atoms with Crippen molar-refractivity contribution in [2.45, 2.75) is 18.4 Å². The van der Waals surface area contributed by atoms with E-state index in [0.717, 1.165) is 22.9 Å². The Hall–Kier alpha value is -2.96. The van der Waals surface area contributed by atoms with E-state index in [1.165, 1.54) is 12.1 Å². The summed E-state index contributed by atoms with van der Waals surface area (Å²) >= 11 is 0. The molecule has 1 atom stereocenters. The van der Waals surface area contributed by atoms with Gasteiger partial charge in [0.1, 0.15) is 11.6 Å². The standard InChI is InChI=1S/C16H13F5N4O3S/c1-2-29(27,28)23-15(26)11-7-12(24-8-16(20,21)13(24)14(18)19)25(22-11)10-5-3-9(17)4-6-10/h2-7,13-14H,1,8H2,(H,23,26). The summed E-state index contributed by atoms with van der Waals surface area (Å²) in [6, 6.07) is 2.82. The summed E-state index contributed by atoms with van der Waals surface area (Å²) in [6.07, 6.45) is -3.41. The number of nitrogens with one attached hydrogen (secondary N) is 1. The van der Waals surface area contributed by atoms with E-state index in [1.54, 1.807) is 4.72 Å². The predicted octanol–water partition coefficient (Wildman–Crippen LogP) is 2.30. The molecular weight excluding hydrogens is 423 g/mol. The van der Waals surface area contributed by atoms with Crippen LogP contribution in [0.4, 0.5) is 27.8 Å². The van der Waals surface area contributed by atoms with E-state index in [-0.39, 0.29) is 11.5 Å². The number of rotatable bonds is 6. The highest BCUT2D eigenvalue weighted by Crippen LogP contribution is 2.42. The lowest BCUT2D eigenvalue weighted by molar-refractivity contribution is -0.119. The number of amides is 1. The summed E-state index contributed by atoms with van der Waals surface area (Å²) in [7, 11) is -4.18. The number of carbonyl (C=O) groups excluding carboxylic acids is 1. The van der Waals surface area contributed by atoms with Gasteiger partial charge < -0.3 is 4.90 Å². The maximum Gasteiger partial charge on any atom is 0.290 e. The molecule has 13 heteroatoms. The van der Waals surface area contributed by atoms with Gasteiger partial charge in [-0.2, -0.15) is 5.10 Å². The van der Waals surface area contributed by atoms with Crippen molar-refractivity contribution >= 4 is 21.7 Å². The van der Waals surface area contributed by atoms with Gasteiger partial charge in [0.15, 0.2) is 11.7 Å². The number of aromatic nitrogens is 2. The first kappa shape index (κ1) is 20.8. The quantitative estimate of drug-likeness (QED) is 0.703. The Bertz CT molecular complexity index is 1050. The van der Waals surface area contributed by atoms with E-state index in [0.29, 0.717) is 10.3 Å². The Kier molecular flexibility index (Phi) is 5.11. The van der Waals surface area contributed by atoms with Crippen molar-refractivity contribution in [3.05, 3.63) is 53.8 Å². The molecule has 1 unspecified atom stereocenters. The van der Waals surface area contributed by atoms with Gasteiger partial charge in [0.2, 0.25) is 0 Å². The number of alkyl halides is 4. The molecule has 0 spiro atoms. The summed E-state index contributed by atoms with van der Waals surface area (Å²) < 4.78 is 92.2. The van der Waals surface area contributed by atoms with Crippen molar-refractivity contribution in [2.24, 2.45) is 0 Å². The molecule has 1 aromatic carbocycles. The average molecular weight is 436 g/mol. The smallest absolute Gasteiger partial charge is 0.290 e. The molecule has 1 fully saturated rings. The summed E-state index contributed by atoms with van der Waals surface area (Å²) in [5.41, 5.74) is -0.465. The van der Waals surface area contributed by atoms with Crippen LogP contribution < -0.4 is 9.62 Å². The van der Waals surface area contributed by atoms with Gasteiger partial charge >= 0.3 is 0 Å². The van der Waals surface area contributed by atoms with Crippen molar-refractivity contribution in [1.82, 2.24) is 14.5 Å². The van der Waals surface area contributed by atoms with Gasteiger partial charge in [-0.05, 0) is 24.3 Å². The van der Waals surface area contributed by atoms with Gasteiger partial charge in [0.25, 0.3) is 28.3 Å². The fraction of sp³-hybridized carbons (Fsp3) is 0.250. The van der Waals surface area contributed by atoms with Crippen LogP contribution in [0, 0.1) is 5.82 Å². The Morgan fingerprint density at radius 3 is 2.45 bits per heavy atom. The number of nitrogens with zero attached hydrogens (tertiary/aromatic N) is 3. The van der Waals surface area contributed by atoms with Crippen LogP contribution in [0.1, 0.15) is 10.5 Å². The largest absolute Gasteiger partial charge is 0.336 e. The van der Waals surface area contributed by atoms with Gasteiger partial charge in [-0.25, -0.2) is 39.8 Å². The van der Waals surface area contributed by atoms with Gasteiger partial charge in [-0.3, -0.25) is 4.79 Å². The lowest BCUT2D eigenvalue weighted by atomic mass is 9.98. The van der Waals surface area contributed by atoms with Gasteiger partial charge in [0.05, 0.1) is 12.2 Å². The highest BCUT2D eigenvalue weighted by atomic mass is 32.2. The molecule has 3 rings (SSSR count). The third-order valence-electron chi connectivity index (χ3n) is 4.13. The zero-order valence-corrected chi connectivity index (χ0v) is 15.2. The normalized spacial score (nSPS) is 18.4. The number of hydrogen-bond donors (Lipinski definition) is 1. The van der Waals surface area contributed by atoms with Crippen molar-refractivity contribution in [1.29, 1.82) is 0 Å². The molecule has 1 amide bonds. The lowest BCUT2D eigenvalue weighted by Crippen LogP contribution is -2.68. The molecule has 1 aliphatic rings. The molecule has 2 heterocycles. The third kappa shape index (κ3) is 3.95. The number of benzene rings is 1. The zero-order valence-electron chi connectivity index (χ0n) is 14.4. The maximum absolute atomic E-state index is 13.6. The summed E-state index contributed by atoms with van der Waals surface area (Å²) in [5.74, 6) is -5.85. The minimum atomic E-state index is -4.18. The number of halogens is 5. The molecule has 0 saturated carbocycles. The molecular formula is C16H13F5N4O3S. The van der Waals surface area contributed by atoms with Crippen LogP contribution in [-0.2, 0) is 10.0 Å². The van der Waals surface area contributed by atoms with Gasteiger partial charge in [-0.1, -0.05) is 6.58 Å². The second-order valence-corrected chi connectivity index (χ2v) is 7.71. The maximum atomic E-state index is 13.6. The van der Waals surface area contributed by atoms with Crippen LogP contribution in [0.15, 0.2) is 42.3 Å². The SMILES string of the molecule is C=CS(=O)(=O)NC(=O)c1cc(N2CC(F)(F)C2C(F)F)n(-c2ccc(F)cc2)n1. The topological polar surface area (TPSA) is 84.3 Å². The number of hydrogen-bond acceptors (Lipinski definition) is 5. The minimum absolute atomic E-state index is 0.0789.